The number of amides is 3. The molecular formula is C23H28N2O2. The zero-order chi connectivity index (χ0) is 19.7. The van der Waals surface area contributed by atoms with Crippen LogP contribution in [0.1, 0.15) is 50.8 Å². The van der Waals surface area contributed by atoms with Crippen LogP contribution in [0.4, 0.5) is 4.79 Å². The number of rotatable bonds is 5. The summed E-state index contributed by atoms with van der Waals surface area (Å²) in [6.45, 7) is 8.61. The van der Waals surface area contributed by atoms with Crippen LogP contribution in [0.15, 0.2) is 54.6 Å². The van der Waals surface area contributed by atoms with Crippen molar-refractivity contribution < 1.29 is 9.59 Å². The second-order valence-electron chi connectivity index (χ2n) is 8.59. The van der Waals surface area contributed by atoms with Crippen LogP contribution < -0.4 is 5.32 Å². The quantitative estimate of drug-likeness (QED) is 0.798. The number of hydrogen-bond donors (Lipinski definition) is 1. The summed E-state index contributed by atoms with van der Waals surface area (Å²) in [6, 6.07) is 17.9. The van der Waals surface area contributed by atoms with Gasteiger partial charge in [-0.2, -0.15) is 0 Å². The largest absolute Gasteiger partial charge is 0.325 e. The van der Waals surface area contributed by atoms with E-state index in [0.717, 1.165) is 17.5 Å². The Morgan fingerprint density at radius 3 is 2.15 bits per heavy atom. The fourth-order valence-corrected chi connectivity index (χ4v) is 3.39. The minimum Gasteiger partial charge on any atom is -0.323 e. The number of imide groups is 1. The summed E-state index contributed by atoms with van der Waals surface area (Å²) < 4.78 is 0. The van der Waals surface area contributed by atoms with Crippen molar-refractivity contribution in [3.63, 3.8) is 0 Å². The molecule has 2 aromatic carbocycles. The molecule has 1 fully saturated rings. The van der Waals surface area contributed by atoms with Crippen LogP contribution in [-0.2, 0) is 23.2 Å². The molecule has 0 radical (unpaired) electrons. The molecule has 0 spiro atoms. The van der Waals surface area contributed by atoms with E-state index in [9.17, 15) is 9.59 Å². The summed E-state index contributed by atoms with van der Waals surface area (Å²) in [5.41, 5.74) is 2.58. The van der Waals surface area contributed by atoms with Gasteiger partial charge in [0.2, 0.25) is 0 Å². The second-order valence-corrected chi connectivity index (χ2v) is 8.59. The third-order valence-electron chi connectivity index (χ3n) is 5.26. The van der Waals surface area contributed by atoms with E-state index in [1.807, 2.05) is 49.4 Å². The molecule has 1 heterocycles. The molecule has 3 rings (SSSR count). The van der Waals surface area contributed by atoms with Gasteiger partial charge < -0.3 is 5.32 Å². The predicted octanol–water partition coefficient (Wildman–Crippen LogP) is 4.43. The average molecular weight is 364 g/mol. The molecule has 27 heavy (non-hydrogen) atoms. The minimum atomic E-state index is -0.849. The van der Waals surface area contributed by atoms with Crippen LogP contribution in [0.25, 0.3) is 0 Å². The third-order valence-corrected chi connectivity index (χ3v) is 5.26. The first-order chi connectivity index (χ1) is 12.7. The van der Waals surface area contributed by atoms with Crippen LogP contribution in [0.2, 0.25) is 0 Å². The van der Waals surface area contributed by atoms with E-state index >= 15 is 0 Å². The molecule has 3 amide bonds. The summed E-state index contributed by atoms with van der Waals surface area (Å²) in [6.07, 6.45) is 1.33. The molecule has 1 saturated heterocycles. The van der Waals surface area contributed by atoms with E-state index in [2.05, 4.69) is 38.2 Å². The van der Waals surface area contributed by atoms with Crippen molar-refractivity contribution in [2.45, 2.75) is 58.0 Å². The molecule has 0 bridgehead atoms. The van der Waals surface area contributed by atoms with Gasteiger partial charge in [0, 0.05) is 0 Å². The number of hydrogen-bond acceptors (Lipinski definition) is 2. The van der Waals surface area contributed by atoms with E-state index in [1.165, 1.54) is 10.5 Å². The normalized spacial score (nSPS) is 20.1. The lowest BCUT2D eigenvalue weighted by atomic mass is 9.87. The fraction of sp³-hybridized carbons (Fsp3) is 0.391. The highest BCUT2D eigenvalue weighted by Gasteiger charge is 2.47. The van der Waals surface area contributed by atoms with Crippen molar-refractivity contribution in [2.75, 3.05) is 0 Å². The monoisotopic (exact) mass is 364 g/mol. The van der Waals surface area contributed by atoms with Gasteiger partial charge in [-0.25, -0.2) is 4.79 Å². The minimum absolute atomic E-state index is 0.0787. The molecule has 0 aromatic heterocycles. The molecule has 4 nitrogen and oxygen atoms in total. The highest BCUT2D eigenvalue weighted by molar-refractivity contribution is 6.06. The van der Waals surface area contributed by atoms with Crippen molar-refractivity contribution in [1.82, 2.24) is 10.2 Å². The zero-order valence-corrected chi connectivity index (χ0v) is 16.6. The number of carbonyl (C=O) groups is 2. The SMILES string of the molecule is CC1(CCc2ccccc2)NC(=O)N(Cc2ccc(C(C)(C)C)cc2)C1=O. The van der Waals surface area contributed by atoms with E-state index in [1.54, 1.807) is 0 Å². The maximum atomic E-state index is 12.9. The highest BCUT2D eigenvalue weighted by Crippen LogP contribution is 2.26. The second kappa shape index (κ2) is 7.18. The van der Waals surface area contributed by atoms with Gasteiger partial charge in [0.25, 0.3) is 5.91 Å². The van der Waals surface area contributed by atoms with Crippen LogP contribution >= 0.6 is 0 Å². The molecule has 4 heteroatoms. The van der Waals surface area contributed by atoms with Crippen LogP contribution in [-0.4, -0.2) is 22.4 Å². The Morgan fingerprint density at radius 1 is 0.926 bits per heavy atom. The van der Waals surface area contributed by atoms with Crippen molar-refractivity contribution in [3.8, 4) is 0 Å². The van der Waals surface area contributed by atoms with Gasteiger partial charge in [-0.1, -0.05) is 75.4 Å². The van der Waals surface area contributed by atoms with E-state index in [0.29, 0.717) is 13.0 Å². The lowest BCUT2D eigenvalue weighted by molar-refractivity contribution is -0.131. The highest BCUT2D eigenvalue weighted by atomic mass is 16.2. The third kappa shape index (κ3) is 4.21. The Bertz CT molecular complexity index is 822. The van der Waals surface area contributed by atoms with Gasteiger partial charge in [0.05, 0.1) is 6.54 Å². The first-order valence-electron chi connectivity index (χ1n) is 9.46. The average Bonchev–Trinajstić information content (AvgIpc) is 2.84. The molecule has 1 atom stereocenters. The summed E-state index contributed by atoms with van der Waals surface area (Å²) in [7, 11) is 0. The van der Waals surface area contributed by atoms with Crippen LogP contribution in [0.3, 0.4) is 0 Å². The van der Waals surface area contributed by atoms with Crippen molar-refractivity contribution in [3.05, 3.63) is 71.3 Å². The number of urea groups is 1. The Labute approximate surface area is 161 Å². The number of nitrogens with zero attached hydrogens (tertiary/aromatic N) is 1. The Hall–Kier alpha value is -2.62. The van der Waals surface area contributed by atoms with Crippen molar-refractivity contribution in [1.29, 1.82) is 0 Å². The van der Waals surface area contributed by atoms with Gasteiger partial charge in [0.1, 0.15) is 5.54 Å². The van der Waals surface area contributed by atoms with Gasteiger partial charge in [0.15, 0.2) is 0 Å². The molecule has 142 valence electrons. The van der Waals surface area contributed by atoms with E-state index in [4.69, 9.17) is 0 Å². The molecule has 2 aromatic rings. The molecule has 0 aliphatic carbocycles. The number of carbonyl (C=O) groups excluding carboxylic acids is 2. The van der Waals surface area contributed by atoms with Gasteiger partial charge in [-0.3, -0.25) is 9.69 Å². The number of benzene rings is 2. The Kier molecular flexibility index (Phi) is 5.09. The summed E-state index contributed by atoms with van der Waals surface area (Å²) in [5.74, 6) is -0.150. The van der Waals surface area contributed by atoms with Crippen LogP contribution in [0.5, 0.6) is 0 Å². The topological polar surface area (TPSA) is 49.4 Å². The van der Waals surface area contributed by atoms with Gasteiger partial charge >= 0.3 is 6.03 Å². The lowest BCUT2D eigenvalue weighted by Crippen LogP contribution is -2.44. The van der Waals surface area contributed by atoms with E-state index in [-0.39, 0.29) is 17.4 Å². The van der Waals surface area contributed by atoms with Crippen LogP contribution in [0, 0.1) is 0 Å². The first-order valence-corrected chi connectivity index (χ1v) is 9.46. The molecule has 0 saturated carbocycles. The standard InChI is InChI=1S/C23H28N2O2/c1-22(2,3)19-12-10-18(11-13-19)16-25-20(26)23(4,24-21(25)27)15-14-17-8-6-5-7-9-17/h5-13H,14-16H2,1-4H3,(H,24,27). The molecule has 1 unspecified atom stereocenters. The van der Waals surface area contributed by atoms with Gasteiger partial charge in [-0.05, 0) is 41.9 Å². The van der Waals surface area contributed by atoms with E-state index < -0.39 is 5.54 Å². The zero-order valence-electron chi connectivity index (χ0n) is 16.6. The summed E-state index contributed by atoms with van der Waals surface area (Å²) in [5, 5.41) is 2.89. The molecular weight excluding hydrogens is 336 g/mol. The Balaban J connectivity index is 1.68. The molecule has 1 N–H and O–H groups in total. The maximum absolute atomic E-state index is 12.9. The van der Waals surface area contributed by atoms with Crippen molar-refractivity contribution >= 4 is 11.9 Å². The molecule has 1 aliphatic heterocycles. The first kappa shape index (κ1) is 19.2. The van der Waals surface area contributed by atoms with Crippen molar-refractivity contribution in [2.24, 2.45) is 0 Å². The smallest absolute Gasteiger partial charge is 0.323 e. The Morgan fingerprint density at radius 2 is 1.56 bits per heavy atom. The number of aryl methyl sites for hydroxylation is 1. The van der Waals surface area contributed by atoms with Gasteiger partial charge in [-0.15, -0.1) is 0 Å². The lowest BCUT2D eigenvalue weighted by Gasteiger charge is -2.22. The molecule has 1 aliphatic rings. The number of nitrogens with one attached hydrogen (secondary N) is 1. The predicted molar refractivity (Wildman–Crippen MR) is 107 cm³/mol. The summed E-state index contributed by atoms with van der Waals surface area (Å²) in [4.78, 5) is 26.7. The fourth-order valence-electron chi connectivity index (χ4n) is 3.39. The summed E-state index contributed by atoms with van der Waals surface area (Å²) >= 11 is 0. The maximum Gasteiger partial charge on any atom is 0.325 e.